The SMILES string of the molecule is CC[C@H](C)Nc1nc(NCc2cccc(Br)c2)cc(-c2ccccc2)n1. The molecule has 0 aliphatic rings. The highest BCUT2D eigenvalue weighted by Gasteiger charge is 2.09. The number of hydrogen-bond acceptors (Lipinski definition) is 4. The molecule has 0 saturated carbocycles. The van der Waals surface area contributed by atoms with Gasteiger partial charge in [0.25, 0.3) is 0 Å². The average Bonchev–Trinajstić information content (AvgIpc) is 2.67. The van der Waals surface area contributed by atoms with Gasteiger partial charge in [0.2, 0.25) is 5.95 Å². The Morgan fingerprint density at radius 2 is 1.81 bits per heavy atom. The molecule has 26 heavy (non-hydrogen) atoms. The molecule has 0 aliphatic carbocycles. The third-order valence-corrected chi connectivity index (χ3v) is 4.64. The summed E-state index contributed by atoms with van der Waals surface area (Å²) in [7, 11) is 0. The van der Waals surface area contributed by atoms with E-state index < -0.39 is 0 Å². The molecule has 5 heteroatoms. The summed E-state index contributed by atoms with van der Waals surface area (Å²) in [5.74, 6) is 1.46. The molecule has 0 spiro atoms. The number of aromatic nitrogens is 2. The Labute approximate surface area is 163 Å². The Balaban J connectivity index is 1.86. The van der Waals surface area contributed by atoms with Crippen LogP contribution in [0.3, 0.4) is 0 Å². The van der Waals surface area contributed by atoms with Gasteiger partial charge in [-0.05, 0) is 31.0 Å². The molecule has 0 unspecified atom stereocenters. The summed E-state index contributed by atoms with van der Waals surface area (Å²) in [4.78, 5) is 9.33. The first-order chi connectivity index (χ1) is 12.6. The summed E-state index contributed by atoms with van der Waals surface area (Å²) in [5.41, 5.74) is 3.17. The van der Waals surface area contributed by atoms with Gasteiger partial charge >= 0.3 is 0 Å². The van der Waals surface area contributed by atoms with Crippen molar-refractivity contribution in [3.63, 3.8) is 0 Å². The van der Waals surface area contributed by atoms with Crippen LogP contribution in [0.15, 0.2) is 65.1 Å². The zero-order chi connectivity index (χ0) is 18.4. The zero-order valence-electron chi connectivity index (χ0n) is 15.0. The molecule has 0 radical (unpaired) electrons. The molecule has 1 heterocycles. The van der Waals surface area contributed by atoms with Crippen LogP contribution in [0.2, 0.25) is 0 Å². The molecule has 3 rings (SSSR count). The first kappa shape index (κ1) is 18.4. The maximum Gasteiger partial charge on any atom is 0.225 e. The molecule has 134 valence electrons. The second-order valence-corrected chi connectivity index (χ2v) is 7.18. The van der Waals surface area contributed by atoms with Crippen LogP contribution in [0, 0.1) is 0 Å². The highest BCUT2D eigenvalue weighted by molar-refractivity contribution is 9.10. The van der Waals surface area contributed by atoms with Crippen molar-refractivity contribution in [3.05, 3.63) is 70.7 Å². The van der Waals surface area contributed by atoms with E-state index in [1.54, 1.807) is 0 Å². The van der Waals surface area contributed by atoms with E-state index in [-0.39, 0.29) is 0 Å². The standard InChI is InChI=1S/C21H23BrN4/c1-3-15(2)24-21-25-19(17-9-5-4-6-10-17)13-20(26-21)23-14-16-8-7-11-18(22)12-16/h4-13,15H,3,14H2,1-2H3,(H2,23,24,25,26)/t15-/m0/s1. The fourth-order valence-corrected chi connectivity index (χ4v) is 2.97. The maximum absolute atomic E-state index is 4.69. The van der Waals surface area contributed by atoms with Crippen molar-refractivity contribution in [1.29, 1.82) is 0 Å². The lowest BCUT2D eigenvalue weighted by Crippen LogP contribution is -2.16. The van der Waals surface area contributed by atoms with Gasteiger partial charge in [0.15, 0.2) is 0 Å². The van der Waals surface area contributed by atoms with Gasteiger partial charge in [0, 0.05) is 28.7 Å². The molecule has 3 aromatic rings. The first-order valence-electron chi connectivity index (χ1n) is 8.83. The topological polar surface area (TPSA) is 49.8 Å². The van der Waals surface area contributed by atoms with Crippen LogP contribution in [-0.4, -0.2) is 16.0 Å². The van der Waals surface area contributed by atoms with E-state index in [0.29, 0.717) is 18.5 Å². The summed E-state index contributed by atoms with van der Waals surface area (Å²) in [6.07, 6.45) is 1.01. The van der Waals surface area contributed by atoms with Gasteiger partial charge in [-0.2, -0.15) is 4.98 Å². The monoisotopic (exact) mass is 410 g/mol. The predicted octanol–water partition coefficient (Wildman–Crippen LogP) is 5.73. The maximum atomic E-state index is 4.69. The van der Waals surface area contributed by atoms with Crippen LogP contribution in [-0.2, 0) is 6.54 Å². The van der Waals surface area contributed by atoms with E-state index in [0.717, 1.165) is 28.0 Å². The number of rotatable bonds is 7. The molecule has 0 saturated heterocycles. The van der Waals surface area contributed by atoms with Crippen LogP contribution < -0.4 is 10.6 Å². The quantitative estimate of drug-likeness (QED) is 0.522. The normalized spacial score (nSPS) is 11.8. The minimum Gasteiger partial charge on any atom is -0.366 e. The molecule has 1 aromatic heterocycles. The van der Waals surface area contributed by atoms with Crippen molar-refractivity contribution in [2.75, 3.05) is 10.6 Å². The van der Waals surface area contributed by atoms with Crippen LogP contribution in [0.1, 0.15) is 25.8 Å². The molecular formula is C21H23BrN4. The number of benzene rings is 2. The second-order valence-electron chi connectivity index (χ2n) is 6.27. The lowest BCUT2D eigenvalue weighted by atomic mass is 10.1. The van der Waals surface area contributed by atoms with E-state index in [1.165, 1.54) is 5.56 Å². The third-order valence-electron chi connectivity index (χ3n) is 4.15. The Hall–Kier alpha value is -2.40. The number of hydrogen-bond donors (Lipinski definition) is 2. The Kier molecular flexibility index (Phi) is 6.23. The van der Waals surface area contributed by atoms with Crippen molar-refractivity contribution in [3.8, 4) is 11.3 Å². The highest BCUT2D eigenvalue weighted by atomic mass is 79.9. The van der Waals surface area contributed by atoms with Gasteiger partial charge in [-0.25, -0.2) is 4.98 Å². The largest absolute Gasteiger partial charge is 0.366 e. The molecule has 2 N–H and O–H groups in total. The van der Waals surface area contributed by atoms with Crippen LogP contribution >= 0.6 is 15.9 Å². The second kappa shape index (κ2) is 8.81. The van der Waals surface area contributed by atoms with E-state index in [1.807, 2.05) is 36.4 Å². The van der Waals surface area contributed by atoms with Gasteiger partial charge in [-0.1, -0.05) is 65.3 Å². The van der Waals surface area contributed by atoms with Crippen molar-refractivity contribution in [1.82, 2.24) is 9.97 Å². The smallest absolute Gasteiger partial charge is 0.225 e. The van der Waals surface area contributed by atoms with E-state index in [4.69, 9.17) is 4.98 Å². The molecule has 4 nitrogen and oxygen atoms in total. The zero-order valence-corrected chi connectivity index (χ0v) is 16.6. The fraction of sp³-hybridized carbons (Fsp3) is 0.238. The molecular weight excluding hydrogens is 388 g/mol. The lowest BCUT2D eigenvalue weighted by molar-refractivity contribution is 0.753. The predicted molar refractivity (Wildman–Crippen MR) is 112 cm³/mol. The van der Waals surface area contributed by atoms with E-state index >= 15 is 0 Å². The van der Waals surface area contributed by atoms with Gasteiger partial charge in [0.1, 0.15) is 5.82 Å². The summed E-state index contributed by atoms with van der Waals surface area (Å²) in [6, 6.07) is 20.7. The molecule has 0 amide bonds. The van der Waals surface area contributed by atoms with Crippen LogP contribution in [0.4, 0.5) is 11.8 Å². The number of nitrogens with zero attached hydrogens (tertiary/aromatic N) is 2. The number of halogens is 1. The summed E-state index contributed by atoms with van der Waals surface area (Å²) in [6.45, 7) is 4.98. The lowest BCUT2D eigenvalue weighted by Gasteiger charge is -2.15. The van der Waals surface area contributed by atoms with Crippen molar-refractivity contribution in [2.24, 2.45) is 0 Å². The van der Waals surface area contributed by atoms with E-state index in [2.05, 4.69) is 69.7 Å². The minimum atomic E-state index is 0.318. The fourth-order valence-electron chi connectivity index (χ4n) is 2.52. The molecule has 0 bridgehead atoms. The van der Waals surface area contributed by atoms with Gasteiger partial charge in [-0.15, -0.1) is 0 Å². The number of anilines is 2. The molecule has 0 aliphatic heterocycles. The van der Waals surface area contributed by atoms with Gasteiger partial charge in [-0.3, -0.25) is 0 Å². The Morgan fingerprint density at radius 1 is 1.00 bits per heavy atom. The number of nitrogens with one attached hydrogen (secondary N) is 2. The minimum absolute atomic E-state index is 0.318. The first-order valence-corrected chi connectivity index (χ1v) is 9.62. The van der Waals surface area contributed by atoms with Crippen molar-refractivity contribution < 1.29 is 0 Å². The summed E-state index contributed by atoms with van der Waals surface area (Å²) >= 11 is 3.51. The van der Waals surface area contributed by atoms with Gasteiger partial charge < -0.3 is 10.6 Å². The van der Waals surface area contributed by atoms with Gasteiger partial charge in [0.05, 0.1) is 5.69 Å². The highest BCUT2D eigenvalue weighted by Crippen LogP contribution is 2.22. The summed E-state index contributed by atoms with van der Waals surface area (Å²) < 4.78 is 1.07. The Morgan fingerprint density at radius 3 is 2.54 bits per heavy atom. The average molecular weight is 411 g/mol. The van der Waals surface area contributed by atoms with E-state index in [9.17, 15) is 0 Å². The third kappa shape index (κ3) is 5.05. The van der Waals surface area contributed by atoms with Crippen molar-refractivity contribution in [2.45, 2.75) is 32.9 Å². The molecule has 0 fully saturated rings. The Bertz CT molecular complexity index is 852. The summed E-state index contributed by atoms with van der Waals surface area (Å²) in [5, 5.41) is 6.80. The molecule has 1 atom stereocenters. The van der Waals surface area contributed by atoms with Crippen LogP contribution in [0.5, 0.6) is 0 Å². The van der Waals surface area contributed by atoms with Crippen molar-refractivity contribution >= 4 is 27.7 Å². The molecule has 2 aromatic carbocycles. The van der Waals surface area contributed by atoms with Crippen LogP contribution in [0.25, 0.3) is 11.3 Å².